The fourth-order valence-electron chi connectivity index (χ4n) is 1.32. The molecule has 2 N–H and O–H groups in total. The first-order valence-corrected chi connectivity index (χ1v) is 5.32. The summed E-state index contributed by atoms with van der Waals surface area (Å²) in [7, 11) is 0. The molecule has 14 heavy (non-hydrogen) atoms. The lowest BCUT2D eigenvalue weighted by molar-refractivity contribution is 0.428. The van der Waals surface area contributed by atoms with Crippen molar-refractivity contribution in [2.45, 2.75) is 26.3 Å². The molecule has 0 bridgehead atoms. The van der Waals surface area contributed by atoms with E-state index in [9.17, 15) is 0 Å². The van der Waals surface area contributed by atoms with Gasteiger partial charge in [-0.25, -0.2) is 0 Å². The summed E-state index contributed by atoms with van der Waals surface area (Å²) in [5.74, 6) is 1.00. The summed E-state index contributed by atoms with van der Waals surface area (Å²) < 4.78 is 5.29. The number of hydrogen-bond donors (Lipinski definition) is 2. The van der Waals surface area contributed by atoms with Crippen molar-refractivity contribution in [3.63, 3.8) is 0 Å². The van der Waals surface area contributed by atoms with Crippen molar-refractivity contribution in [3.05, 3.63) is 24.2 Å². The Kier molecular flexibility index (Phi) is 5.33. The van der Waals surface area contributed by atoms with Crippen molar-refractivity contribution >= 4 is 0 Å². The first kappa shape index (κ1) is 11.3. The zero-order valence-corrected chi connectivity index (χ0v) is 9.05. The van der Waals surface area contributed by atoms with Gasteiger partial charge in [0.25, 0.3) is 0 Å². The Labute approximate surface area is 85.9 Å². The quantitative estimate of drug-likeness (QED) is 0.654. The Bertz CT molecular complexity index is 221. The highest BCUT2D eigenvalue weighted by Crippen LogP contribution is 2.11. The van der Waals surface area contributed by atoms with Gasteiger partial charge in [-0.2, -0.15) is 0 Å². The molecule has 0 radical (unpaired) electrons. The summed E-state index contributed by atoms with van der Waals surface area (Å²) in [6.45, 7) is 7.36. The lowest BCUT2D eigenvalue weighted by Crippen LogP contribution is -2.29. The van der Waals surface area contributed by atoms with Crippen LogP contribution < -0.4 is 10.6 Å². The lowest BCUT2D eigenvalue weighted by Gasteiger charge is -2.11. The maximum absolute atomic E-state index is 5.29. The van der Waals surface area contributed by atoms with E-state index in [0.717, 1.165) is 25.4 Å². The molecule has 0 amide bonds. The lowest BCUT2D eigenvalue weighted by atomic mass is 10.2. The molecule has 1 atom stereocenters. The molecule has 0 saturated carbocycles. The highest BCUT2D eigenvalue weighted by molar-refractivity contribution is 5.02. The second-order valence-electron chi connectivity index (χ2n) is 3.44. The van der Waals surface area contributed by atoms with Gasteiger partial charge in [0, 0.05) is 13.1 Å². The van der Waals surface area contributed by atoms with E-state index < -0.39 is 0 Å². The summed E-state index contributed by atoms with van der Waals surface area (Å²) in [4.78, 5) is 0. The van der Waals surface area contributed by atoms with Gasteiger partial charge < -0.3 is 15.1 Å². The molecule has 3 nitrogen and oxygen atoms in total. The van der Waals surface area contributed by atoms with Crippen LogP contribution in [0.3, 0.4) is 0 Å². The molecule has 0 saturated heterocycles. The highest BCUT2D eigenvalue weighted by atomic mass is 16.3. The topological polar surface area (TPSA) is 37.2 Å². The van der Waals surface area contributed by atoms with Crippen LogP contribution in [0.2, 0.25) is 0 Å². The highest BCUT2D eigenvalue weighted by Gasteiger charge is 2.05. The van der Waals surface area contributed by atoms with Crippen molar-refractivity contribution in [1.82, 2.24) is 10.6 Å². The third-order valence-corrected chi connectivity index (χ3v) is 2.15. The van der Waals surface area contributed by atoms with E-state index in [2.05, 4.69) is 24.5 Å². The Morgan fingerprint density at radius 3 is 2.86 bits per heavy atom. The van der Waals surface area contributed by atoms with Gasteiger partial charge >= 0.3 is 0 Å². The van der Waals surface area contributed by atoms with Gasteiger partial charge in [0.1, 0.15) is 5.76 Å². The van der Waals surface area contributed by atoms with Crippen LogP contribution in [0.5, 0.6) is 0 Å². The van der Waals surface area contributed by atoms with E-state index in [-0.39, 0.29) is 0 Å². The van der Waals surface area contributed by atoms with Crippen LogP contribution >= 0.6 is 0 Å². The summed E-state index contributed by atoms with van der Waals surface area (Å²) in [5, 5.41) is 6.73. The molecule has 80 valence electrons. The molecule has 0 aliphatic rings. The van der Waals surface area contributed by atoms with Crippen LogP contribution in [0.1, 0.15) is 32.1 Å². The van der Waals surface area contributed by atoms with Crippen molar-refractivity contribution in [2.75, 3.05) is 19.6 Å². The molecule has 1 unspecified atom stereocenters. The molecule has 0 fully saturated rings. The van der Waals surface area contributed by atoms with Crippen LogP contribution in [-0.2, 0) is 0 Å². The van der Waals surface area contributed by atoms with Gasteiger partial charge in [-0.05, 0) is 32.0 Å². The Morgan fingerprint density at radius 2 is 2.21 bits per heavy atom. The molecule has 3 heteroatoms. The SMILES string of the molecule is CCCNCCNC(C)c1ccco1. The minimum absolute atomic E-state index is 0.299. The first-order chi connectivity index (χ1) is 6.84. The standard InChI is InChI=1S/C11H20N2O/c1-3-6-12-7-8-13-10(2)11-5-4-9-14-11/h4-5,9-10,12-13H,3,6-8H2,1-2H3. The van der Waals surface area contributed by atoms with Gasteiger partial charge in [-0.3, -0.25) is 0 Å². The van der Waals surface area contributed by atoms with Crippen LogP contribution in [0, 0.1) is 0 Å². The second-order valence-corrected chi connectivity index (χ2v) is 3.44. The summed E-state index contributed by atoms with van der Waals surface area (Å²) in [5.41, 5.74) is 0. The second kappa shape index (κ2) is 6.62. The van der Waals surface area contributed by atoms with Crippen LogP contribution in [-0.4, -0.2) is 19.6 Å². The fourth-order valence-corrected chi connectivity index (χ4v) is 1.32. The fraction of sp³-hybridized carbons (Fsp3) is 0.636. The predicted molar refractivity (Wildman–Crippen MR) is 58.3 cm³/mol. The maximum atomic E-state index is 5.29. The average molecular weight is 196 g/mol. The molecule has 0 aliphatic carbocycles. The van der Waals surface area contributed by atoms with Crippen LogP contribution in [0.25, 0.3) is 0 Å². The molecule has 0 spiro atoms. The van der Waals surface area contributed by atoms with Crippen LogP contribution in [0.4, 0.5) is 0 Å². The molecule has 1 heterocycles. The molecule has 0 aliphatic heterocycles. The van der Waals surface area contributed by atoms with E-state index in [0.29, 0.717) is 6.04 Å². The Morgan fingerprint density at radius 1 is 1.36 bits per heavy atom. The number of hydrogen-bond acceptors (Lipinski definition) is 3. The maximum Gasteiger partial charge on any atom is 0.120 e. The molecule has 0 aromatic carbocycles. The largest absolute Gasteiger partial charge is 0.468 e. The van der Waals surface area contributed by atoms with Gasteiger partial charge in [0.15, 0.2) is 0 Å². The zero-order chi connectivity index (χ0) is 10.2. The van der Waals surface area contributed by atoms with Gasteiger partial charge in [0.05, 0.1) is 12.3 Å². The Balaban J connectivity index is 2.07. The van der Waals surface area contributed by atoms with Gasteiger partial charge in [-0.1, -0.05) is 6.92 Å². The van der Waals surface area contributed by atoms with Crippen molar-refractivity contribution in [1.29, 1.82) is 0 Å². The normalized spacial score (nSPS) is 13.0. The zero-order valence-electron chi connectivity index (χ0n) is 9.05. The van der Waals surface area contributed by atoms with Crippen molar-refractivity contribution < 1.29 is 4.42 Å². The minimum atomic E-state index is 0.299. The third-order valence-electron chi connectivity index (χ3n) is 2.15. The molecule has 1 rings (SSSR count). The smallest absolute Gasteiger partial charge is 0.120 e. The summed E-state index contributed by atoms with van der Waals surface area (Å²) >= 11 is 0. The van der Waals surface area contributed by atoms with Crippen molar-refractivity contribution in [3.8, 4) is 0 Å². The van der Waals surface area contributed by atoms with E-state index in [1.807, 2.05) is 12.1 Å². The third kappa shape index (κ3) is 3.94. The first-order valence-electron chi connectivity index (χ1n) is 5.32. The number of furan rings is 1. The molecule has 1 aromatic rings. The molecular formula is C11H20N2O. The Hall–Kier alpha value is -0.800. The van der Waals surface area contributed by atoms with Gasteiger partial charge in [0.2, 0.25) is 0 Å². The van der Waals surface area contributed by atoms with Gasteiger partial charge in [-0.15, -0.1) is 0 Å². The monoisotopic (exact) mass is 196 g/mol. The number of rotatable bonds is 7. The molecular weight excluding hydrogens is 176 g/mol. The van der Waals surface area contributed by atoms with E-state index in [4.69, 9.17) is 4.42 Å². The number of nitrogens with one attached hydrogen (secondary N) is 2. The summed E-state index contributed by atoms with van der Waals surface area (Å²) in [6.07, 6.45) is 2.90. The van der Waals surface area contributed by atoms with E-state index in [1.54, 1.807) is 6.26 Å². The predicted octanol–water partition coefficient (Wildman–Crippen LogP) is 1.93. The van der Waals surface area contributed by atoms with Crippen LogP contribution in [0.15, 0.2) is 22.8 Å². The van der Waals surface area contributed by atoms with E-state index >= 15 is 0 Å². The minimum Gasteiger partial charge on any atom is -0.468 e. The van der Waals surface area contributed by atoms with E-state index in [1.165, 1.54) is 6.42 Å². The molecule has 1 aromatic heterocycles. The average Bonchev–Trinajstić information content (AvgIpc) is 2.70. The van der Waals surface area contributed by atoms with Crippen molar-refractivity contribution in [2.24, 2.45) is 0 Å². The summed E-state index contributed by atoms with van der Waals surface area (Å²) in [6, 6.07) is 4.22.